The van der Waals surface area contributed by atoms with Crippen LogP contribution in [-0.4, -0.2) is 19.1 Å². The fraction of sp³-hybridized carbons (Fsp3) is 0.100. The zero-order chi connectivity index (χ0) is 19.6. The van der Waals surface area contributed by atoms with Crippen molar-refractivity contribution in [3.05, 3.63) is 86.3 Å². The lowest BCUT2D eigenvalue weighted by molar-refractivity contribution is 0.760. The number of aromatic nitrogens is 4. The van der Waals surface area contributed by atoms with Crippen molar-refractivity contribution < 1.29 is 0 Å². The van der Waals surface area contributed by atoms with Crippen LogP contribution < -0.4 is 11.2 Å². The Labute approximate surface area is 160 Å². The first-order valence-electron chi connectivity index (χ1n) is 7.98. The van der Waals surface area contributed by atoms with E-state index in [1.54, 1.807) is 30.4 Å². The van der Waals surface area contributed by atoms with Gasteiger partial charge in [0.15, 0.2) is 11.2 Å². The van der Waals surface area contributed by atoms with Crippen molar-refractivity contribution in [1.82, 2.24) is 19.1 Å². The summed E-state index contributed by atoms with van der Waals surface area (Å²) in [6, 6.07) is 4.89. The quantitative estimate of drug-likeness (QED) is 0.507. The first-order chi connectivity index (χ1) is 12.9. The molecule has 0 fully saturated rings. The normalized spacial score (nSPS) is 11.1. The molecule has 0 radical (unpaired) electrons. The minimum absolute atomic E-state index is 0.0877. The molecule has 3 rings (SSSR count). The molecule has 0 amide bonds. The SMILES string of the molecule is C=C/C=C(\C)C#Cc1ccc(-n2c(=O)c3nccnc3n(C)c2=O)c(Cl)c1. The number of nitrogens with zero attached hydrogens (tertiary/aromatic N) is 4. The third-order valence-corrected chi connectivity index (χ3v) is 4.14. The lowest BCUT2D eigenvalue weighted by atomic mass is 10.2. The smallest absolute Gasteiger partial charge is 0.279 e. The molecule has 2 aromatic heterocycles. The second-order valence-corrected chi connectivity index (χ2v) is 6.12. The highest BCUT2D eigenvalue weighted by Crippen LogP contribution is 2.20. The van der Waals surface area contributed by atoms with E-state index in [9.17, 15) is 9.59 Å². The Morgan fingerprint density at radius 3 is 2.70 bits per heavy atom. The van der Waals surface area contributed by atoms with Crippen LogP contribution in [0.25, 0.3) is 16.9 Å². The van der Waals surface area contributed by atoms with Crippen LogP contribution in [0, 0.1) is 11.8 Å². The fourth-order valence-electron chi connectivity index (χ4n) is 2.53. The minimum atomic E-state index is -0.577. The summed E-state index contributed by atoms with van der Waals surface area (Å²) < 4.78 is 2.25. The first kappa shape index (κ1) is 18.4. The van der Waals surface area contributed by atoms with E-state index in [2.05, 4.69) is 28.4 Å². The molecule has 0 aliphatic rings. The summed E-state index contributed by atoms with van der Waals surface area (Å²) in [6.45, 7) is 5.49. The molecule has 3 aromatic rings. The maximum atomic E-state index is 12.8. The van der Waals surface area contributed by atoms with E-state index in [1.165, 1.54) is 24.0 Å². The van der Waals surface area contributed by atoms with Gasteiger partial charge in [-0.25, -0.2) is 19.3 Å². The Kier molecular flexibility index (Phi) is 5.06. The minimum Gasteiger partial charge on any atom is -0.279 e. The largest absolute Gasteiger partial charge is 0.337 e. The van der Waals surface area contributed by atoms with E-state index < -0.39 is 11.2 Å². The Morgan fingerprint density at radius 1 is 1.26 bits per heavy atom. The van der Waals surface area contributed by atoms with E-state index in [4.69, 9.17) is 11.6 Å². The van der Waals surface area contributed by atoms with E-state index in [-0.39, 0.29) is 21.9 Å². The van der Waals surface area contributed by atoms with Crippen molar-refractivity contribution >= 4 is 22.8 Å². The highest BCUT2D eigenvalue weighted by atomic mass is 35.5. The van der Waals surface area contributed by atoms with Gasteiger partial charge in [0.1, 0.15) is 0 Å². The molecule has 0 unspecified atom stereocenters. The van der Waals surface area contributed by atoms with Gasteiger partial charge in [0.25, 0.3) is 5.56 Å². The van der Waals surface area contributed by atoms with Crippen LogP contribution in [0.1, 0.15) is 12.5 Å². The molecule has 1 aromatic carbocycles. The van der Waals surface area contributed by atoms with Gasteiger partial charge in [-0.3, -0.25) is 9.36 Å². The van der Waals surface area contributed by atoms with E-state index in [1.807, 2.05) is 6.92 Å². The van der Waals surface area contributed by atoms with E-state index in [0.29, 0.717) is 5.56 Å². The molecule has 0 atom stereocenters. The van der Waals surface area contributed by atoms with Crippen molar-refractivity contribution in [2.24, 2.45) is 7.05 Å². The Bertz CT molecular complexity index is 1270. The fourth-order valence-corrected chi connectivity index (χ4v) is 2.79. The summed E-state index contributed by atoms with van der Waals surface area (Å²) in [5, 5.41) is 0.231. The molecular weight excluding hydrogens is 364 g/mol. The van der Waals surface area contributed by atoms with Gasteiger partial charge >= 0.3 is 5.69 Å². The van der Waals surface area contributed by atoms with Crippen LogP contribution in [0.2, 0.25) is 5.02 Å². The molecule has 0 aliphatic heterocycles. The molecule has 2 heterocycles. The lowest BCUT2D eigenvalue weighted by Gasteiger charge is -2.11. The number of rotatable bonds is 2. The van der Waals surface area contributed by atoms with Crippen molar-refractivity contribution in [2.75, 3.05) is 0 Å². The predicted octanol–water partition coefficient (Wildman–Crippen LogP) is 2.62. The van der Waals surface area contributed by atoms with Crippen LogP contribution in [0.15, 0.2) is 64.5 Å². The summed E-state index contributed by atoms with van der Waals surface area (Å²) in [7, 11) is 1.53. The van der Waals surface area contributed by atoms with Gasteiger partial charge in [0, 0.05) is 25.0 Å². The third-order valence-electron chi connectivity index (χ3n) is 3.84. The second-order valence-electron chi connectivity index (χ2n) is 5.71. The Balaban J connectivity index is 2.19. The van der Waals surface area contributed by atoms with Crippen molar-refractivity contribution in [3.8, 4) is 17.5 Å². The van der Waals surface area contributed by atoms with Crippen LogP contribution in [0.5, 0.6) is 0 Å². The molecule has 0 spiro atoms. The van der Waals surface area contributed by atoms with Gasteiger partial charge in [-0.2, -0.15) is 0 Å². The highest BCUT2D eigenvalue weighted by molar-refractivity contribution is 6.32. The van der Waals surface area contributed by atoms with Crippen molar-refractivity contribution in [1.29, 1.82) is 0 Å². The number of hydrogen-bond acceptors (Lipinski definition) is 4. The Morgan fingerprint density at radius 2 is 2.00 bits per heavy atom. The number of benzene rings is 1. The molecule has 6 nitrogen and oxygen atoms in total. The summed E-state index contributed by atoms with van der Waals surface area (Å²) in [5.41, 5.74) is 0.940. The topological polar surface area (TPSA) is 69.8 Å². The number of halogens is 1. The molecule has 27 heavy (non-hydrogen) atoms. The van der Waals surface area contributed by atoms with Gasteiger partial charge in [0.05, 0.1) is 10.7 Å². The number of allylic oxidation sites excluding steroid dienone is 3. The van der Waals surface area contributed by atoms with E-state index >= 15 is 0 Å². The number of fused-ring (bicyclic) bond motifs is 1. The van der Waals surface area contributed by atoms with E-state index in [0.717, 1.165) is 10.1 Å². The van der Waals surface area contributed by atoms with Crippen LogP contribution in [0.3, 0.4) is 0 Å². The molecule has 0 N–H and O–H groups in total. The maximum absolute atomic E-state index is 12.8. The summed E-state index contributed by atoms with van der Waals surface area (Å²) in [4.78, 5) is 33.6. The monoisotopic (exact) mass is 378 g/mol. The van der Waals surface area contributed by atoms with Crippen molar-refractivity contribution in [2.45, 2.75) is 6.92 Å². The van der Waals surface area contributed by atoms with Crippen LogP contribution >= 0.6 is 11.6 Å². The maximum Gasteiger partial charge on any atom is 0.337 e. The third kappa shape index (κ3) is 3.46. The van der Waals surface area contributed by atoms with Crippen LogP contribution in [-0.2, 0) is 7.05 Å². The van der Waals surface area contributed by atoms with Gasteiger partial charge in [-0.15, -0.1) is 0 Å². The standard InChI is InChI=1S/C20H15ClN4O2/c1-4-5-13(2)6-7-14-8-9-16(15(21)12-14)25-19(26)17-18(23-11-10-22-17)24(3)20(25)27/h4-5,8-12H,1H2,2-3H3/b13-5+. The molecule has 0 bridgehead atoms. The zero-order valence-electron chi connectivity index (χ0n) is 14.7. The Hall–Kier alpha value is -3.43. The molecular formula is C20H15ClN4O2. The van der Waals surface area contributed by atoms with Gasteiger partial charge in [-0.1, -0.05) is 42.2 Å². The number of aryl methyl sites for hydroxylation is 1. The highest BCUT2D eigenvalue weighted by Gasteiger charge is 2.16. The average molecular weight is 379 g/mol. The lowest BCUT2D eigenvalue weighted by Crippen LogP contribution is -2.38. The molecule has 7 heteroatoms. The molecule has 0 saturated heterocycles. The summed E-state index contributed by atoms with van der Waals surface area (Å²) in [5.74, 6) is 5.95. The summed E-state index contributed by atoms with van der Waals surface area (Å²) in [6.07, 6.45) is 6.28. The molecule has 134 valence electrons. The molecule has 0 aliphatic carbocycles. The van der Waals surface area contributed by atoms with Crippen molar-refractivity contribution in [3.63, 3.8) is 0 Å². The number of hydrogen-bond donors (Lipinski definition) is 0. The van der Waals surface area contributed by atoms with Gasteiger partial charge < -0.3 is 0 Å². The predicted molar refractivity (Wildman–Crippen MR) is 106 cm³/mol. The van der Waals surface area contributed by atoms with Crippen LogP contribution in [0.4, 0.5) is 0 Å². The first-order valence-corrected chi connectivity index (χ1v) is 8.36. The zero-order valence-corrected chi connectivity index (χ0v) is 15.5. The van der Waals surface area contributed by atoms with Gasteiger partial charge in [-0.05, 0) is 30.7 Å². The average Bonchev–Trinajstić information content (AvgIpc) is 2.66. The summed E-state index contributed by atoms with van der Waals surface area (Å²) >= 11 is 6.35. The second kappa shape index (κ2) is 7.44. The van der Waals surface area contributed by atoms with Gasteiger partial charge in [0.2, 0.25) is 0 Å². The molecule has 0 saturated carbocycles.